The Labute approximate surface area is 348 Å². The zero-order valence-corrected chi connectivity index (χ0v) is 36.8. The van der Waals surface area contributed by atoms with E-state index in [-0.39, 0.29) is 6.09 Å². The maximum atomic E-state index is 13.6. The number of piperazine rings is 1. The summed E-state index contributed by atoms with van der Waals surface area (Å²) in [6, 6.07) is 7.86. The Morgan fingerprint density at radius 2 is 1.71 bits per heavy atom. The number of methoxy groups -OCH3 is 1. The first-order chi connectivity index (χ1) is 27.6. The fourth-order valence-electron chi connectivity index (χ4n) is 7.63. The Morgan fingerprint density at radius 3 is 2.38 bits per heavy atom. The predicted octanol–water partition coefficient (Wildman–Crippen LogP) is 7.49. The molecule has 7 rings (SSSR count). The van der Waals surface area contributed by atoms with Gasteiger partial charge in [-0.25, -0.2) is 9.78 Å². The van der Waals surface area contributed by atoms with E-state index in [9.17, 15) is 9.36 Å². The number of hydrogen-bond acceptors (Lipinski definition) is 13. The highest BCUT2D eigenvalue weighted by molar-refractivity contribution is 9.10. The van der Waals surface area contributed by atoms with Crippen LogP contribution >= 0.6 is 23.1 Å². The molecule has 2 saturated heterocycles. The molecule has 2 aliphatic rings. The lowest BCUT2D eigenvalue weighted by Gasteiger charge is -2.38. The van der Waals surface area contributed by atoms with Crippen molar-refractivity contribution in [2.45, 2.75) is 45.6 Å². The van der Waals surface area contributed by atoms with Gasteiger partial charge >= 0.3 is 6.09 Å². The minimum Gasteiger partial charge on any atom is -0.494 e. The average Bonchev–Trinajstić information content (AvgIpc) is 3.63. The van der Waals surface area contributed by atoms with Crippen molar-refractivity contribution in [2.24, 2.45) is 13.0 Å². The Kier molecular flexibility index (Phi) is 12.3. The fourth-order valence-corrected chi connectivity index (χ4v) is 9.31. The van der Waals surface area contributed by atoms with Crippen LogP contribution in [0.5, 0.6) is 5.75 Å². The molecule has 0 saturated carbocycles. The summed E-state index contributed by atoms with van der Waals surface area (Å²) in [5, 5.41) is 11.9. The highest BCUT2D eigenvalue weighted by atomic mass is 79.9. The zero-order valence-electron chi connectivity index (χ0n) is 34.3. The number of aryl methyl sites for hydroxylation is 1. The summed E-state index contributed by atoms with van der Waals surface area (Å²) >= 11 is 3.60. The normalized spacial score (nSPS) is 15.8. The summed E-state index contributed by atoms with van der Waals surface area (Å²) in [7, 11) is 0.793. The number of hydrogen-bond donors (Lipinski definition) is 2. The second-order valence-corrected chi connectivity index (χ2v) is 20.4. The molecule has 0 radical (unpaired) electrons. The van der Waals surface area contributed by atoms with Crippen LogP contribution in [0.25, 0.3) is 22.2 Å². The molecule has 2 fully saturated rings. The summed E-state index contributed by atoms with van der Waals surface area (Å²) < 4.78 is 27.6. The fraction of sp³-hybridized carbons (Fsp3) is 0.463. The molecule has 0 spiro atoms. The minimum absolute atomic E-state index is 0.202. The number of halogens is 1. The van der Waals surface area contributed by atoms with Crippen LogP contribution in [0.1, 0.15) is 40.0 Å². The average molecular weight is 875 g/mol. The van der Waals surface area contributed by atoms with Crippen molar-refractivity contribution in [3.05, 3.63) is 59.7 Å². The molecule has 5 heterocycles. The maximum absolute atomic E-state index is 13.6. The number of nitrogens with zero attached hydrogens (tertiary/aromatic N) is 9. The van der Waals surface area contributed by atoms with E-state index in [0.29, 0.717) is 55.6 Å². The molecular formula is C41H53BrN11O4P. The van der Waals surface area contributed by atoms with Crippen LogP contribution in [0.4, 0.5) is 33.6 Å². The van der Waals surface area contributed by atoms with Crippen LogP contribution in [0.2, 0.25) is 0 Å². The van der Waals surface area contributed by atoms with E-state index in [4.69, 9.17) is 14.5 Å². The van der Waals surface area contributed by atoms with Gasteiger partial charge in [0.1, 0.15) is 29.8 Å². The van der Waals surface area contributed by atoms with E-state index < -0.39 is 12.7 Å². The molecule has 3 aromatic heterocycles. The Bertz CT molecular complexity index is 2310. The molecule has 17 heteroatoms. The molecule has 0 atom stereocenters. The molecular weight excluding hydrogens is 821 g/mol. The first-order valence-electron chi connectivity index (χ1n) is 19.7. The highest BCUT2D eigenvalue weighted by Gasteiger charge is 2.29. The van der Waals surface area contributed by atoms with Gasteiger partial charge in [-0.1, -0.05) is 0 Å². The Balaban J connectivity index is 1.06. The van der Waals surface area contributed by atoms with Gasteiger partial charge in [-0.2, -0.15) is 10.1 Å². The van der Waals surface area contributed by atoms with Crippen LogP contribution in [-0.2, 0) is 16.3 Å². The lowest BCUT2D eigenvalue weighted by atomic mass is 9.93. The highest BCUT2D eigenvalue weighted by Crippen LogP contribution is 2.43. The largest absolute Gasteiger partial charge is 0.494 e. The second-order valence-electron chi connectivity index (χ2n) is 16.4. The van der Waals surface area contributed by atoms with E-state index in [1.54, 1.807) is 43.7 Å². The van der Waals surface area contributed by atoms with Gasteiger partial charge in [-0.3, -0.25) is 19.5 Å². The van der Waals surface area contributed by atoms with Crippen LogP contribution in [0.15, 0.2) is 59.7 Å². The van der Waals surface area contributed by atoms with Crippen LogP contribution in [-0.4, -0.2) is 117 Å². The van der Waals surface area contributed by atoms with Gasteiger partial charge in [0.15, 0.2) is 0 Å². The van der Waals surface area contributed by atoms with E-state index in [1.165, 1.54) is 0 Å². The van der Waals surface area contributed by atoms with E-state index >= 15 is 0 Å². The third kappa shape index (κ3) is 9.73. The molecule has 0 bridgehead atoms. The van der Waals surface area contributed by atoms with Crippen LogP contribution < -0.4 is 25.6 Å². The van der Waals surface area contributed by atoms with E-state index in [0.717, 1.165) is 81.9 Å². The molecule has 308 valence electrons. The number of benzene rings is 2. The van der Waals surface area contributed by atoms with Gasteiger partial charge in [0.2, 0.25) is 5.95 Å². The number of rotatable bonds is 11. The summed E-state index contributed by atoms with van der Waals surface area (Å²) in [4.78, 5) is 37.7. The van der Waals surface area contributed by atoms with Crippen molar-refractivity contribution in [3.8, 4) is 16.9 Å². The number of anilines is 5. The SMILES string of the molecule is COc1cc(N2CCN(CCC3CCN(C(=O)OC(C)(C)C)CC3)CC2)c(-c2cnn(C)c2)cc1Nc1ncc(Br)c(Nc2ccc3nccnc3c2P(C)(C)=O)n1. The number of aromatic nitrogens is 6. The van der Waals surface area contributed by atoms with Crippen molar-refractivity contribution < 1.29 is 18.8 Å². The molecule has 2 N–H and O–H groups in total. The van der Waals surface area contributed by atoms with E-state index in [2.05, 4.69) is 68.5 Å². The van der Waals surface area contributed by atoms with Gasteiger partial charge in [0.25, 0.3) is 0 Å². The van der Waals surface area contributed by atoms with Crippen LogP contribution in [0.3, 0.4) is 0 Å². The summed E-state index contributed by atoms with van der Waals surface area (Å²) in [6.07, 6.45) is 11.8. The van der Waals surface area contributed by atoms with Crippen molar-refractivity contribution in [2.75, 3.05) is 81.8 Å². The number of piperidine rings is 1. The lowest BCUT2D eigenvalue weighted by Crippen LogP contribution is -2.47. The van der Waals surface area contributed by atoms with Gasteiger partial charge in [-0.15, -0.1) is 0 Å². The third-order valence-corrected chi connectivity index (χ3v) is 12.7. The molecule has 1 amide bonds. The number of ether oxygens (including phenoxy) is 2. The van der Waals surface area contributed by atoms with Crippen molar-refractivity contribution in [1.82, 2.24) is 39.5 Å². The first kappa shape index (κ1) is 41.4. The molecule has 0 unspecified atom stereocenters. The minimum atomic E-state index is -2.79. The maximum Gasteiger partial charge on any atom is 0.410 e. The molecule has 15 nitrogen and oxygen atoms in total. The lowest BCUT2D eigenvalue weighted by molar-refractivity contribution is 0.0177. The van der Waals surface area contributed by atoms with Gasteiger partial charge < -0.3 is 34.5 Å². The molecule has 0 aliphatic carbocycles. The number of nitrogens with one attached hydrogen (secondary N) is 2. The predicted molar refractivity (Wildman–Crippen MR) is 234 cm³/mol. The number of carbonyl (C=O) groups is 1. The molecule has 2 aromatic carbocycles. The first-order valence-corrected chi connectivity index (χ1v) is 23.1. The van der Waals surface area contributed by atoms with Gasteiger partial charge in [0, 0.05) is 94.0 Å². The third-order valence-electron chi connectivity index (χ3n) is 10.6. The number of carbonyl (C=O) groups excluding carboxylic acids is 1. The smallest absolute Gasteiger partial charge is 0.410 e. The van der Waals surface area contributed by atoms with Crippen LogP contribution in [0, 0.1) is 5.92 Å². The molecule has 58 heavy (non-hydrogen) atoms. The van der Waals surface area contributed by atoms with Crippen molar-refractivity contribution in [1.29, 1.82) is 0 Å². The summed E-state index contributed by atoms with van der Waals surface area (Å²) in [6.45, 7) is 15.4. The number of likely N-dealkylation sites (tertiary alicyclic amines) is 1. The van der Waals surface area contributed by atoms with Gasteiger partial charge in [-0.05, 0) is 100.0 Å². The molecule has 2 aliphatic heterocycles. The topological polar surface area (TPSA) is 156 Å². The van der Waals surface area contributed by atoms with E-state index in [1.807, 2.05) is 57.2 Å². The Morgan fingerprint density at radius 1 is 0.966 bits per heavy atom. The second kappa shape index (κ2) is 17.2. The Hall–Kier alpha value is -4.79. The zero-order chi connectivity index (χ0) is 41.2. The molecule has 5 aromatic rings. The number of amides is 1. The van der Waals surface area contributed by atoms with Crippen molar-refractivity contribution >= 4 is 74.3 Å². The monoisotopic (exact) mass is 873 g/mol. The summed E-state index contributed by atoms with van der Waals surface area (Å²) in [5.41, 5.74) is 5.18. The quantitative estimate of drug-likeness (QED) is 0.126. The van der Waals surface area contributed by atoms with Gasteiger partial charge in [0.05, 0.1) is 40.0 Å². The summed E-state index contributed by atoms with van der Waals surface area (Å²) in [5.74, 6) is 2.09. The standard InChI is InChI=1S/C41H53BrN11O4P/c1-41(2,3)57-40(54)53-16-11-27(12-17-53)10-15-51-18-20-52(21-19-51)34-23-35(56-5)33(22-29(34)28-24-46-50(4)26-28)48-39-45-25-30(42)38(49-39)47-32-9-8-31-36(44-14-13-43-31)37(32)58(6,7)55/h8-9,13-14,22-27H,10-12,15-21H2,1-7H3,(H2,45,47,48,49). The van der Waals surface area contributed by atoms with Crippen molar-refractivity contribution in [3.63, 3.8) is 0 Å². The number of fused-ring (bicyclic) bond motifs is 1.